The molecule has 0 amide bonds. The van der Waals surface area contributed by atoms with Crippen molar-refractivity contribution in [3.63, 3.8) is 0 Å². The van der Waals surface area contributed by atoms with Gasteiger partial charge in [-0.3, -0.25) is 4.90 Å². The number of rotatable bonds is 7. The summed E-state index contributed by atoms with van der Waals surface area (Å²) in [5.74, 6) is 0.786. The van der Waals surface area contributed by atoms with E-state index in [1.165, 1.54) is 58.2 Å². The second-order valence-electron chi connectivity index (χ2n) is 6.73. The van der Waals surface area contributed by atoms with Gasteiger partial charge in [-0.25, -0.2) is 0 Å². The van der Waals surface area contributed by atoms with Crippen molar-refractivity contribution in [2.75, 3.05) is 26.2 Å². The van der Waals surface area contributed by atoms with E-state index in [9.17, 15) is 0 Å². The fraction of sp³-hybridized carbons (Fsp3) is 1.00. The molecular formula is C17H34N2O. The first-order valence-electron chi connectivity index (χ1n) is 8.83. The molecule has 4 atom stereocenters. The molecule has 0 bridgehead atoms. The largest absolute Gasteiger partial charge is 0.378 e. The average Bonchev–Trinajstić information content (AvgIpc) is 2.99. The second kappa shape index (κ2) is 8.35. The highest BCUT2D eigenvalue weighted by atomic mass is 16.5. The molecule has 0 aromatic rings. The van der Waals surface area contributed by atoms with Crippen LogP contribution in [-0.2, 0) is 4.74 Å². The van der Waals surface area contributed by atoms with E-state index in [2.05, 4.69) is 31.0 Å². The Balaban J connectivity index is 1.75. The van der Waals surface area contributed by atoms with Gasteiger partial charge in [0.1, 0.15) is 0 Å². The molecule has 1 N–H and O–H groups in total. The summed E-state index contributed by atoms with van der Waals surface area (Å²) < 4.78 is 5.74. The quantitative estimate of drug-likeness (QED) is 0.777. The lowest BCUT2D eigenvalue weighted by Crippen LogP contribution is -2.58. The minimum Gasteiger partial charge on any atom is -0.378 e. The lowest BCUT2D eigenvalue weighted by atomic mass is 9.94. The van der Waals surface area contributed by atoms with Gasteiger partial charge in [-0.2, -0.15) is 0 Å². The van der Waals surface area contributed by atoms with Gasteiger partial charge < -0.3 is 10.1 Å². The fourth-order valence-electron chi connectivity index (χ4n) is 3.62. The zero-order valence-electron chi connectivity index (χ0n) is 13.7. The van der Waals surface area contributed by atoms with Gasteiger partial charge in [0.2, 0.25) is 0 Å². The van der Waals surface area contributed by atoms with E-state index in [1.54, 1.807) is 0 Å². The Kier molecular flexibility index (Phi) is 6.79. The molecular weight excluding hydrogens is 248 g/mol. The minimum atomic E-state index is 0.559. The molecule has 2 aliphatic rings. The van der Waals surface area contributed by atoms with Crippen LogP contribution in [0.25, 0.3) is 0 Å². The molecule has 20 heavy (non-hydrogen) atoms. The maximum Gasteiger partial charge on any atom is 0.0576 e. The summed E-state index contributed by atoms with van der Waals surface area (Å²) in [7, 11) is 0. The smallest absolute Gasteiger partial charge is 0.0576 e. The highest BCUT2D eigenvalue weighted by Crippen LogP contribution is 2.20. The van der Waals surface area contributed by atoms with Crippen LogP contribution in [0.3, 0.4) is 0 Å². The van der Waals surface area contributed by atoms with Crippen molar-refractivity contribution in [3.05, 3.63) is 0 Å². The molecule has 0 saturated carbocycles. The third-order valence-electron chi connectivity index (χ3n) is 5.36. The maximum atomic E-state index is 5.74. The second-order valence-corrected chi connectivity index (χ2v) is 6.73. The van der Waals surface area contributed by atoms with Crippen LogP contribution in [0.5, 0.6) is 0 Å². The SMILES string of the molecule is CCC(C)C1CN(CCCC2CCCO2)C(CC)CN1. The first-order valence-corrected chi connectivity index (χ1v) is 8.83. The molecule has 3 nitrogen and oxygen atoms in total. The summed E-state index contributed by atoms with van der Waals surface area (Å²) in [5.41, 5.74) is 0. The molecule has 4 unspecified atom stereocenters. The van der Waals surface area contributed by atoms with E-state index in [0.717, 1.165) is 18.6 Å². The van der Waals surface area contributed by atoms with Gasteiger partial charge in [-0.05, 0) is 44.6 Å². The Morgan fingerprint density at radius 2 is 2.20 bits per heavy atom. The average molecular weight is 282 g/mol. The maximum absolute atomic E-state index is 5.74. The molecule has 2 heterocycles. The van der Waals surface area contributed by atoms with Gasteiger partial charge in [0.05, 0.1) is 6.10 Å². The van der Waals surface area contributed by atoms with E-state index in [-0.39, 0.29) is 0 Å². The highest BCUT2D eigenvalue weighted by Gasteiger charge is 2.29. The zero-order valence-corrected chi connectivity index (χ0v) is 13.7. The van der Waals surface area contributed by atoms with Crippen LogP contribution < -0.4 is 5.32 Å². The molecule has 2 saturated heterocycles. The third-order valence-corrected chi connectivity index (χ3v) is 5.36. The predicted octanol–water partition coefficient (Wildman–Crippen LogP) is 3.04. The van der Waals surface area contributed by atoms with Gasteiger partial charge >= 0.3 is 0 Å². The Hall–Kier alpha value is -0.120. The summed E-state index contributed by atoms with van der Waals surface area (Å²) in [6.07, 6.45) is 8.21. The van der Waals surface area contributed by atoms with Crippen LogP contribution in [-0.4, -0.2) is 49.3 Å². The topological polar surface area (TPSA) is 24.5 Å². The lowest BCUT2D eigenvalue weighted by Gasteiger charge is -2.42. The Bertz CT molecular complexity index is 266. The molecule has 118 valence electrons. The molecule has 3 heteroatoms. The third kappa shape index (κ3) is 4.44. The first kappa shape index (κ1) is 16.3. The van der Waals surface area contributed by atoms with Crippen molar-refractivity contribution in [2.24, 2.45) is 5.92 Å². The number of nitrogens with zero attached hydrogens (tertiary/aromatic N) is 1. The van der Waals surface area contributed by atoms with Crippen LogP contribution in [0.1, 0.15) is 59.3 Å². The van der Waals surface area contributed by atoms with E-state index in [1.807, 2.05) is 0 Å². The van der Waals surface area contributed by atoms with E-state index < -0.39 is 0 Å². The van der Waals surface area contributed by atoms with Gasteiger partial charge in [0.25, 0.3) is 0 Å². The van der Waals surface area contributed by atoms with Crippen LogP contribution in [0, 0.1) is 5.92 Å². The summed E-state index contributed by atoms with van der Waals surface area (Å²) >= 11 is 0. The number of piperazine rings is 1. The number of ether oxygens (including phenoxy) is 1. The fourth-order valence-corrected chi connectivity index (χ4v) is 3.62. The predicted molar refractivity (Wildman–Crippen MR) is 85.1 cm³/mol. The van der Waals surface area contributed by atoms with Gasteiger partial charge in [0.15, 0.2) is 0 Å². The number of hydrogen-bond donors (Lipinski definition) is 1. The Morgan fingerprint density at radius 1 is 1.35 bits per heavy atom. The lowest BCUT2D eigenvalue weighted by molar-refractivity contribution is 0.0809. The zero-order chi connectivity index (χ0) is 14.4. The van der Waals surface area contributed by atoms with Crippen LogP contribution in [0.15, 0.2) is 0 Å². The summed E-state index contributed by atoms with van der Waals surface area (Å²) in [6, 6.07) is 1.42. The molecule has 2 rings (SSSR count). The van der Waals surface area contributed by atoms with Gasteiger partial charge in [0, 0.05) is 31.8 Å². The Labute approximate surface area is 125 Å². The minimum absolute atomic E-state index is 0.559. The van der Waals surface area contributed by atoms with E-state index in [0.29, 0.717) is 12.1 Å². The summed E-state index contributed by atoms with van der Waals surface area (Å²) in [5, 5.41) is 3.77. The van der Waals surface area contributed by atoms with Crippen molar-refractivity contribution >= 4 is 0 Å². The monoisotopic (exact) mass is 282 g/mol. The van der Waals surface area contributed by atoms with Crippen LogP contribution in [0.2, 0.25) is 0 Å². The molecule has 0 spiro atoms. The summed E-state index contributed by atoms with van der Waals surface area (Å²) in [4.78, 5) is 2.74. The highest BCUT2D eigenvalue weighted by molar-refractivity contribution is 4.87. The van der Waals surface area contributed by atoms with Crippen molar-refractivity contribution in [1.82, 2.24) is 10.2 Å². The van der Waals surface area contributed by atoms with E-state index >= 15 is 0 Å². The molecule has 0 radical (unpaired) electrons. The van der Waals surface area contributed by atoms with E-state index in [4.69, 9.17) is 4.74 Å². The standard InChI is InChI=1S/C17H34N2O/c1-4-14(3)17-13-19(15(5-2)12-18-17)10-6-8-16-9-7-11-20-16/h14-18H,4-13H2,1-3H3. The van der Waals surface area contributed by atoms with Crippen LogP contribution >= 0.6 is 0 Å². The normalized spacial score (nSPS) is 33.5. The molecule has 0 aromatic carbocycles. The number of nitrogens with one attached hydrogen (secondary N) is 1. The van der Waals surface area contributed by atoms with Crippen molar-refractivity contribution < 1.29 is 4.74 Å². The molecule has 0 aliphatic carbocycles. The van der Waals surface area contributed by atoms with Gasteiger partial charge in [-0.1, -0.05) is 27.2 Å². The van der Waals surface area contributed by atoms with Crippen molar-refractivity contribution in [2.45, 2.75) is 77.5 Å². The molecule has 2 aliphatic heterocycles. The number of hydrogen-bond acceptors (Lipinski definition) is 3. The van der Waals surface area contributed by atoms with Crippen molar-refractivity contribution in [3.8, 4) is 0 Å². The Morgan fingerprint density at radius 3 is 2.85 bits per heavy atom. The molecule has 0 aromatic heterocycles. The van der Waals surface area contributed by atoms with Gasteiger partial charge in [-0.15, -0.1) is 0 Å². The van der Waals surface area contributed by atoms with Crippen molar-refractivity contribution in [1.29, 1.82) is 0 Å². The summed E-state index contributed by atoms with van der Waals surface area (Å²) in [6.45, 7) is 11.7. The first-order chi connectivity index (χ1) is 9.74. The molecule has 2 fully saturated rings. The van der Waals surface area contributed by atoms with Crippen LogP contribution in [0.4, 0.5) is 0 Å².